The highest BCUT2D eigenvalue weighted by molar-refractivity contribution is 5.56. The molecular weight excluding hydrogens is 328 g/mol. The van der Waals surface area contributed by atoms with Gasteiger partial charge in [-0.2, -0.15) is 5.10 Å². The van der Waals surface area contributed by atoms with Gasteiger partial charge in [0.05, 0.1) is 30.2 Å². The lowest BCUT2D eigenvalue weighted by Crippen LogP contribution is -2.37. The van der Waals surface area contributed by atoms with Gasteiger partial charge < -0.3 is 4.90 Å². The highest BCUT2D eigenvalue weighted by Crippen LogP contribution is 2.24. The Morgan fingerprint density at radius 3 is 2.88 bits per heavy atom. The minimum atomic E-state index is -0.0974. The monoisotopic (exact) mass is 348 g/mol. The van der Waals surface area contributed by atoms with Crippen LogP contribution in [0.4, 0.5) is 5.82 Å². The van der Waals surface area contributed by atoms with Crippen LogP contribution in [0.1, 0.15) is 18.5 Å². The first kappa shape index (κ1) is 16.4. The molecule has 1 unspecified atom stereocenters. The number of hydrogen-bond donors (Lipinski definition) is 0. The summed E-state index contributed by atoms with van der Waals surface area (Å²) in [4.78, 5) is 27.5. The second kappa shape index (κ2) is 7.03. The number of rotatable bonds is 4. The minimum Gasteiger partial charge on any atom is -0.350 e. The summed E-state index contributed by atoms with van der Waals surface area (Å²) >= 11 is 0. The van der Waals surface area contributed by atoms with Crippen molar-refractivity contribution in [3.8, 4) is 11.3 Å². The maximum Gasteiger partial charge on any atom is 0.266 e. The van der Waals surface area contributed by atoms with Gasteiger partial charge in [-0.3, -0.25) is 14.8 Å². The third kappa shape index (κ3) is 3.33. The molecule has 1 saturated heterocycles. The van der Waals surface area contributed by atoms with Gasteiger partial charge in [-0.25, -0.2) is 9.67 Å². The number of pyridine rings is 1. The van der Waals surface area contributed by atoms with Crippen LogP contribution < -0.4 is 10.5 Å². The average Bonchev–Trinajstić information content (AvgIpc) is 3.12. The third-order valence-corrected chi connectivity index (χ3v) is 4.62. The molecule has 0 aliphatic carbocycles. The first-order valence-electron chi connectivity index (χ1n) is 8.74. The molecule has 3 aromatic rings. The van der Waals surface area contributed by atoms with E-state index in [0.29, 0.717) is 6.54 Å². The standard InChI is InChI=1S/C19H20N6O/c1-14-10-21-12-18(22-14)24-9-3-5-16(24)13-25-19(26)7-6-17(23-25)15-4-2-8-20-11-15/h2,4,6-8,10-12,16H,3,5,9,13H2,1H3. The Hall–Kier alpha value is -3.09. The Kier molecular flexibility index (Phi) is 4.43. The van der Waals surface area contributed by atoms with Crippen LogP contribution in [0.25, 0.3) is 11.3 Å². The molecule has 0 amide bonds. The highest BCUT2D eigenvalue weighted by Gasteiger charge is 2.27. The van der Waals surface area contributed by atoms with E-state index in [-0.39, 0.29) is 11.6 Å². The fourth-order valence-electron chi connectivity index (χ4n) is 3.36. The van der Waals surface area contributed by atoms with Crippen molar-refractivity contribution in [2.75, 3.05) is 11.4 Å². The van der Waals surface area contributed by atoms with E-state index in [1.165, 1.54) is 0 Å². The highest BCUT2D eigenvalue weighted by atomic mass is 16.1. The molecule has 1 fully saturated rings. The van der Waals surface area contributed by atoms with Crippen LogP contribution >= 0.6 is 0 Å². The van der Waals surface area contributed by atoms with E-state index in [0.717, 1.165) is 42.2 Å². The third-order valence-electron chi connectivity index (χ3n) is 4.62. The van der Waals surface area contributed by atoms with Gasteiger partial charge in [0, 0.05) is 36.8 Å². The van der Waals surface area contributed by atoms with E-state index in [1.54, 1.807) is 41.6 Å². The Labute approximate surface area is 151 Å². The van der Waals surface area contributed by atoms with Crippen molar-refractivity contribution >= 4 is 5.82 Å². The summed E-state index contributed by atoms with van der Waals surface area (Å²) in [6.07, 6.45) is 9.07. The molecule has 0 N–H and O–H groups in total. The smallest absolute Gasteiger partial charge is 0.266 e. The van der Waals surface area contributed by atoms with E-state index < -0.39 is 0 Å². The molecule has 0 saturated carbocycles. The topological polar surface area (TPSA) is 76.8 Å². The number of nitrogens with zero attached hydrogens (tertiary/aromatic N) is 6. The molecule has 0 spiro atoms. The lowest BCUT2D eigenvalue weighted by Gasteiger charge is -2.25. The molecule has 3 aromatic heterocycles. The molecule has 0 bridgehead atoms. The van der Waals surface area contributed by atoms with Gasteiger partial charge in [-0.05, 0) is 38.0 Å². The van der Waals surface area contributed by atoms with Crippen LogP contribution in [0, 0.1) is 6.92 Å². The summed E-state index contributed by atoms with van der Waals surface area (Å²) in [7, 11) is 0. The predicted molar refractivity (Wildman–Crippen MR) is 98.9 cm³/mol. The van der Waals surface area contributed by atoms with Gasteiger partial charge in [0.2, 0.25) is 0 Å². The number of aryl methyl sites for hydroxylation is 1. The maximum atomic E-state index is 12.3. The molecule has 0 aromatic carbocycles. The Bertz CT molecular complexity index is 955. The summed E-state index contributed by atoms with van der Waals surface area (Å²) in [5.41, 5.74) is 2.44. The van der Waals surface area contributed by atoms with Gasteiger partial charge in [0.15, 0.2) is 0 Å². The van der Waals surface area contributed by atoms with Crippen molar-refractivity contribution in [3.05, 3.63) is 65.1 Å². The normalized spacial score (nSPS) is 16.8. The summed E-state index contributed by atoms with van der Waals surface area (Å²) < 4.78 is 1.55. The van der Waals surface area contributed by atoms with Crippen molar-refractivity contribution in [2.24, 2.45) is 0 Å². The number of aromatic nitrogens is 5. The second-order valence-corrected chi connectivity index (χ2v) is 6.49. The molecule has 7 nitrogen and oxygen atoms in total. The fraction of sp³-hybridized carbons (Fsp3) is 0.316. The van der Waals surface area contributed by atoms with Crippen molar-refractivity contribution in [3.63, 3.8) is 0 Å². The zero-order chi connectivity index (χ0) is 17.9. The SMILES string of the molecule is Cc1cncc(N2CCCC2Cn2nc(-c3cccnc3)ccc2=O)n1. The molecule has 0 radical (unpaired) electrons. The average molecular weight is 348 g/mol. The van der Waals surface area contributed by atoms with Crippen LogP contribution in [0.3, 0.4) is 0 Å². The minimum absolute atomic E-state index is 0.0974. The summed E-state index contributed by atoms with van der Waals surface area (Å²) in [6.45, 7) is 3.38. The second-order valence-electron chi connectivity index (χ2n) is 6.49. The first-order valence-corrected chi connectivity index (χ1v) is 8.74. The van der Waals surface area contributed by atoms with Crippen LogP contribution in [0.2, 0.25) is 0 Å². The molecule has 1 aliphatic heterocycles. The quantitative estimate of drug-likeness (QED) is 0.718. The van der Waals surface area contributed by atoms with Crippen LogP contribution in [-0.4, -0.2) is 37.3 Å². The fourth-order valence-corrected chi connectivity index (χ4v) is 3.36. The number of anilines is 1. The van der Waals surface area contributed by atoms with Crippen molar-refractivity contribution < 1.29 is 0 Å². The largest absolute Gasteiger partial charge is 0.350 e. The van der Waals surface area contributed by atoms with Crippen LogP contribution in [-0.2, 0) is 6.54 Å². The predicted octanol–water partition coefficient (Wildman–Crippen LogP) is 2.07. The van der Waals surface area contributed by atoms with E-state index in [2.05, 4.69) is 25.0 Å². The van der Waals surface area contributed by atoms with E-state index in [9.17, 15) is 4.79 Å². The zero-order valence-corrected chi connectivity index (χ0v) is 14.6. The summed E-state index contributed by atoms with van der Waals surface area (Å²) in [5, 5.41) is 4.55. The van der Waals surface area contributed by atoms with Crippen molar-refractivity contribution in [1.82, 2.24) is 24.7 Å². The van der Waals surface area contributed by atoms with Crippen molar-refractivity contribution in [1.29, 1.82) is 0 Å². The molecule has 7 heteroatoms. The maximum absolute atomic E-state index is 12.3. The van der Waals surface area contributed by atoms with E-state index in [1.807, 2.05) is 19.1 Å². The Morgan fingerprint density at radius 1 is 1.15 bits per heavy atom. The molecule has 4 heterocycles. The summed E-state index contributed by atoms with van der Waals surface area (Å²) in [5.74, 6) is 0.865. The van der Waals surface area contributed by atoms with Gasteiger partial charge in [0.25, 0.3) is 5.56 Å². The molecule has 26 heavy (non-hydrogen) atoms. The molecule has 4 rings (SSSR count). The lowest BCUT2D eigenvalue weighted by atomic mass is 10.2. The molecule has 1 atom stereocenters. The molecular formula is C19H20N6O. The Balaban J connectivity index is 1.61. The van der Waals surface area contributed by atoms with Gasteiger partial charge in [0.1, 0.15) is 5.82 Å². The van der Waals surface area contributed by atoms with E-state index in [4.69, 9.17) is 0 Å². The number of hydrogen-bond acceptors (Lipinski definition) is 6. The van der Waals surface area contributed by atoms with Gasteiger partial charge in [-0.15, -0.1) is 0 Å². The lowest BCUT2D eigenvalue weighted by molar-refractivity contribution is 0.488. The van der Waals surface area contributed by atoms with Crippen molar-refractivity contribution in [2.45, 2.75) is 32.4 Å². The molecule has 1 aliphatic rings. The Morgan fingerprint density at radius 2 is 2.08 bits per heavy atom. The van der Waals surface area contributed by atoms with E-state index >= 15 is 0 Å². The van der Waals surface area contributed by atoms with Crippen LogP contribution in [0.15, 0.2) is 53.8 Å². The van der Waals surface area contributed by atoms with Gasteiger partial charge in [-0.1, -0.05) is 0 Å². The molecule has 132 valence electrons. The first-order chi connectivity index (χ1) is 12.7. The van der Waals surface area contributed by atoms with Gasteiger partial charge >= 0.3 is 0 Å². The van der Waals surface area contributed by atoms with Crippen LogP contribution in [0.5, 0.6) is 0 Å². The zero-order valence-electron chi connectivity index (χ0n) is 14.6. The summed E-state index contributed by atoms with van der Waals surface area (Å²) in [6, 6.07) is 7.30.